The topological polar surface area (TPSA) is 58.7 Å². The molecule has 0 N–H and O–H groups in total. The van der Waals surface area contributed by atoms with Crippen LogP contribution in [-0.4, -0.2) is 23.5 Å². The summed E-state index contributed by atoms with van der Waals surface area (Å²) in [5.41, 5.74) is -0.768. The minimum absolute atomic E-state index is 0.211. The molecule has 2 rings (SSSR count). The van der Waals surface area contributed by atoms with Gasteiger partial charge in [-0.15, -0.1) is 0 Å². The number of hydrogen-bond donors (Lipinski definition) is 0. The van der Waals surface area contributed by atoms with E-state index in [2.05, 4.69) is 4.99 Å². The average Bonchev–Trinajstić information content (AvgIpc) is 2.63. The van der Waals surface area contributed by atoms with Crippen molar-refractivity contribution in [2.24, 2.45) is 4.99 Å². The summed E-state index contributed by atoms with van der Waals surface area (Å²) in [4.78, 5) is 16.0. The molecular weight excluding hydrogens is 213 g/mol. The predicted molar refractivity (Wildman–Crippen MR) is 57.6 cm³/mol. The monoisotopic (exact) mass is 223 g/mol. The number of benzene rings is 1. The zero-order chi connectivity index (χ0) is 11.8. The number of aliphatic imine (C=N–C) groups is 1. The van der Waals surface area contributed by atoms with Crippen LogP contribution in [0.15, 0.2) is 29.3 Å². The number of rotatable bonds is 2. The minimum atomic E-state index is -1.35. The Morgan fingerprint density at radius 3 is 2.69 bits per heavy atom. The van der Waals surface area contributed by atoms with E-state index in [1.807, 2.05) is 0 Å². The summed E-state index contributed by atoms with van der Waals surface area (Å²) in [6, 6.07) is 5.56. The van der Waals surface area contributed by atoms with Gasteiger partial charge in [0.1, 0.15) is 12.5 Å². The van der Waals surface area contributed by atoms with Crippen molar-refractivity contribution in [3.8, 4) is 0 Å². The maximum absolute atomic E-state index is 12.7. The number of anilines is 1. The molecule has 1 aliphatic rings. The predicted octanol–water partition coefficient (Wildman–Crippen LogP) is 1.67. The van der Waals surface area contributed by atoms with E-state index in [1.165, 1.54) is 42.3 Å². The Hall–Kier alpha value is -1.98. The lowest BCUT2D eigenvalue weighted by molar-refractivity contribution is -0.539. The first-order valence-corrected chi connectivity index (χ1v) is 4.73. The minimum Gasteiger partial charge on any atom is -0.284 e. The standard InChI is InChI=1S/C10H10FN3O2/c1-10(14(15)16)6-12-7-13(10)9-4-2-8(11)3-5-9/h2-6H,7H2,1H3. The van der Waals surface area contributed by atoms with Crippen molar-refractivity contribution in [1.82, 2.24) is 0 Å². The maximum atomic E-state index is 12.7. The van der Waals surface area contributed by atoms with Crippen molar-refractivity contribution >= 4 is 11.9 Å². The summed E-state index contributed by atoms with van der Waals surface area (Å²) in [6.07, 6.45) is 1.30. The van der Waals surface area contributed by atoms with E-state index in [1.54, 1.807) is 0 Å². The molecule has 0 bridgehead atoms. The maximum Gasteiger partial charge on any atom is 0.330 e. The molecular formula is C10H10FN3O2. The van der Waals surface area contributed by atoms with Gasteiger partial charge in [-0.1, -0.05) is 0 Å². The molecule has 0 amide bonds. The lowest BCUT2D eigenvalue weighted by Crippen LogP contribution is -2.50. The summed E-state index contributed by atoms with van der Waals surface area (Å²) in [5, 5.41) is 11.0. The lowest BCUT2D eigenvalue weighted by Gasteiger charge is -2.26. The molecule has 84 valence electrons. The Bertz CT molecular complexity index is 446. The number of nitrogens with zero attached hydrogens (tertiary/aromatic N) is 3. The molecule has 0 aliphatic carbocycles. The Labute approximate surface area is 91.4 Å². The largest absolute Gasteiger partial charge is 0.330 e. The van der Waals surface area contributed by atoms with E-state index < -0.39 is 10.6 Å². The van der Waals surface area contributed by atoms with Crippen LogP contribution < -0.4 is 4.90 Å². The van der Waals surface area contributed by atoms with Gasteiger partial charge in [0.2, 0.25) is 0 Å². The van der Waals surface area contributed by atoms with Crippen LogP contribution in [0, 0.1) is 15.9 Å². The van der Waals surface area contributed by atoms with Crippen molar-refractivity contribution in [3.05, 3.63) is 40.2 Å². The van der Waals surface area contributed by atoms with Gasteiger partial charge >= 0.3 is 5.66 Å². The molecule has 1 aliphatic heterocycles. The van der Waals surface area contributed by atoms with Gasteiger partial charge in [-0.3, -0.25) is 20.0 Å². The highest BCUT2D eigenvalue weighted by Crippen LogP contribution is 2.27. The Morgan fingerprint density at radius 2 is 2.12 bits per heavy atom. The highest BCUT2D eigenvalue weighted by molar-refractivity contribution is 5.76. The van der Waals surface area contributed by atoms with Crippen LogP contribution in [0.2, 0.25) is 0 Å². The third-order valence-corrected chi connectivity index (χ3v) is 2.61. The first-order valence-electron chi connectivity index (χ1n) is 4.73. The van der Waals surface area contributed by atoms with Gasteiger partial charge in [0.15, 0.2) is 0 Å². The quantitative estimate of drug-likeness (QED) is 0.566. The van der Waals surface area contributed by atoms with Crippen LogP contribution in [0.5, 0.6) is 0 Å². The number of halogens is 1. The van der Waals surface area contributed by atoms with E-state index in [9.17, 15) is 14.5 Å². The number of hydrogen-bond acceptors (Lipinski definition) is 4. The second-order valence-corrected chi connectivity index (χ2v) is 3.71. The fourth-order valence-corrected chi connectivity index (χ4v) is 1.62. The van der Waals surface area contributed by atoms with Crippen LogP contribution in [-0.2, 0) is 0 Å². The highest BCUT2D eigenvalue weighted by Gasteiger charge is 2.45. The zero-order valence-corrected chi connectivity index (χ0v) is 8.63. The van der Waals surface area contributed by atoms with Gasteiger partial charge in [0.05, 0.1) is 11.1 Å². The summed E-state index contributed by atoms with van der Waals surface area (Å²) < 4.78 is 12.7. The van der Waals surface area contributed by atoms with Gasteiger partial charge < -0.3 is 0 Å². The molecule has 1 heterocycles. The van der Waals surface area contributed by atoms with E-state index in [0.29, 0.717) is 5.69 Å². The highest BCUT2D eigenvalue weighted by atomic mass is 19.1. The molecule has 0 saturated heterocycles. The molecule has 0 radical (unpaired) electrons. The van der Waals surface area contributed by atoms with E-state index in [4.69, 9.17) is 0 Å². The first-order chi connectivity index (χ1) is 7.54. The third-order valence-electron chi connectivity index (χ3n) is 2.61. The van der Waals surface area contributed by atoms with E-state index in [0.717, 1.165) is 0 Å². The van der Waals surface area contributed by atoms with E-state index >= 15 is 0 Å². The van der Waals surface area contributed by atoms with Gasteiger partial charge in [-0.05, 0) is 24.3 Å². The second-order valence-electron chi connectivity index (χ2n) is 3.71. The molecule has 6 heteroatoms. The Morgan fingerprint density at radius 1 is 1.50 bits per heavy atom. The molecule has 1 aromatic carbocycles. The fraction of sp³-hybridized carbons (Fsp3) is 0.300. The van der Waals surface area contributed by atoms with E-state index in [-0.39, 0.29) is 12.5 Å². The fourth-order valence-electron chi connectivity index (χ4n) is 1.62. The van der Waals surface area contributed by atoms with Crippen molar-refractivity contribution in [2.75, 3.05) is 11.6 Å². The molecule has 1 atom stereocenters. The van der Waals surface area contributed by atoms with Gasteiger partial charge in [0, 0.05) is 12.6 Å². The summed E-state index contributed by atoms with van der Waals surface area (Å²) in [6.45, 7) is 1.68. The summed E-state index contributed by atoms with van der Waals surface area (Å²) >= 11 is 0. The molecule has 16 heavy (non-hydrogen) atoms. The summed E-state index contributed by atoms with van der Waals surface area (Å²) in [5.74, 6) is -0.369. The van der Waals surface area contributed by atoms with Crippen LogP contribution in [0.3, 0.4) is 0 Å². The Kier molecular flexibility index (Phi) is 2.34. The van der Waals surface area contributed by atoms with Gasteiger partial charge in [-0.25, -0.2) is 4.39 Å². The average molecular weight is 223 g/mol. The van der Waals surface area contributed by atoms with Crippen LogP contribution in [0.1, 0.15) is 6.92 Å². The zero-order valence-electron chi connectivity index (χ0n) is 8.63. The molecule has 5 nitrogen and oxygen atoms in total. The SMILES string of the molecule is CC1([N+](=O)[O-])C=NCN1c1ccc(F)cc1. The normalized spacial score (nSPS) is 23.8. The van der Waals surface area contributed by atoms with Crippen molar-refractivity contribution in [1.29, 1.82) is 0 Å². The van der Waals surface area contributed by atoms with Crippen molar-refractivity contribution in [2.45, 2.75) is 12.6 Å². The van der Waals surface area contributed by atoms with Gasteiger partial charge in [0.25, 0.3) is 0 Å². The molecule has 1 unspecified atom stereocenters. The lowest BCUT2D eigenvalue weighted by atomic mass is 10.2. The van der Waals surface area contributed by atoms with Crippen LogP contribution >= 0.6 is 0 Å². The van der Waals surface area contributed by atoms with Gasteiger partial charge in [-0.2, -0.15) is 0 Å². The molecule has 0 spiro atoms. The molecule has 1 aromatic rings. The number of nitro groups is 1. The van der Waals surface area contributed by atoms with Crippen LogP contribution in [0.4, 0.5) is 10.1 Å². The van der Waals surface area contributed by atoms with Crippen LogP contribution in [0.25, 0.3) is 0 Å². The third kappa shape index (κ3) is 1.52. The Balaban J connectivity index is 2.35. The summed E-state index contributed by atoms with van der Waals surface area (Å²) in [7, 11) is 0. The molecule has 0 fully saturated rings. The second kappa shape index (κ2) is 3.55. The molecule has 0 saturated carbocycles. The van der Waals surface area contributed by atoms with Crippen molar-refractivity contribution < 1.29 is 9.31 Å². The molecule has 0 aromatic heterocycles. The first kappa shape index (κ1) is 10.5. The smallest absolute Gasteiger partial charge is 0.284 e. The van der Waals surface area contributed by atoms with Crippen molar-refractivity contribution in [3.63, 3.8) is 0 Å².